The third-order valence-electron chi connectivity index (χ3n) is 4.19. The number of benzene rings is 2. The van der Waals surface area contributed by atoms with Crippen LogP contribution in [0.2, 0.25) is 0 Å². The van der Waals surface area contributed by atoms with Crippen LogP contribution in [-0.4, -0.2) is 11.6 Å². The van der Waals surface area contributed by atoms with Crippen molar-refractivity contribution in [3.8, 4) is 0 Å². The summed E-state index contributed by atoms with van der Waals surface area (Å²) in [4.78, 5) is 13.9. The number of carbonyl (C=O) groups excluding carboxylic acids is 1. The first-order valence-corrected chi connectivity index (χ1v) is 9.43. The minimum atomic E-state index is -0.150. The Balaban J connectivity index is 1.54. The van der Waals surface area contributed by atoms with Crippen LogP contribution < -0.4 is 5.01 Å². The van der Waals surface area contributed by atoms with Crippen molar-refractivity contribution in [1.29, 1.82) is 0 Å². The topological polar surface area (TPSA) is 45.8 Å². The number of hydrazone groups is 1. The van der Waals surface area contributed by atoms with Gasteiger partial charge in [0.1, 0.15) is 5.76 Å². The summed E-state index contributed by atoms with van der Waals surface area (Å²) in [6, 6.07) is 21.5. The molecule has 1 aliphatic rings. The molecule has 0 unspecified atom stereocenters. The Morgan fingerprint density at radius 3 is 2.44 bits per heavy atom. The van der Waals surface area contributed by atoms with E-state index in [4.69, 9.17) is 4.42 Å². The van der Waals surface area contributed by atoms with Crippen molar-refractivity contribution in [1.82, 2.24) is 0 Å². The molecule has 0 N–H and O–H groups in total. The molecule has 5 heteroatoms. The van der Waals surface area contributed by atoms with E-state index >= 15 is 0 Å². The normalized spacial score (nSPS) is 15.5. The Hall–Kier alpha value is -3.05. The summed E-state index contributed by atoms with van der Waals surface area (Å²) >= 11 is 1.55. The second-order valence-electron chi connectivity index (χ2n) is 6.27. The highest BCUT2D eigenvalue weighted by molar-refractivity contribution is 7.99. The van der Waals surface area contributed by atoms with Gasteiger partial charge in [0.15, 0.2) is 5.09 Å². The van der Waals surface area contributed by atoms with Crippen molar-refractivity contribution in [2.75, 3.05) is 5.01 Å². The minimum absolute atomic E-state index is 0.150. The first kappa shape index (κ1) is 17.4. The number of anilines is 1. The molecule has 2 aromatic carbocycles. The van der Waals surface area contributed by atoms with E-state index in [1.807, 2.05) is 49.4 Å². The van der Waals surface area contributed by atoms with Gasteiger partial charge in [0, 0.05) is 4.90 Å². The summed E-state index contributed by atoms with van der Waals surface area (Å²) in [5.74, 6) is 0.486. The molecule has 0 radical (unpaired) electrons. The Morgan fingerprint density at radius 2 is 1.70 bits per heavy atom. The molecule has 0 atom stereocenters. The molecule has 0 spiro atoms. The van der Waals surface area contributed by atoms with E-state index in [1.165, 1.54) is 10.6 Å². The number of rotatable bonds is 4. The van der Waals surface area contributed by atoms with Crippen LogP contribution in [-0.2, 0) is 4.79 Å². The summed E-state index contributed by atoms with van der Waals surface area (Å²) in [6.07, 6.45) is 1.75. The van der Waals surface area contributed by atoms with Crippen molar-refractivity contribution in [2.45, 2.75) is 23.8 Å². The van der Waals surface area contributed by atoms with Gasteiger partial charge in [-0.3, -0.25) is 4.79 Å². The quantitative estimate of drug-likeness (QED) is 0.563. The molecule has 0 fully saturated rings. The summed E-state index contributed by atoms with van der Waals surface area (Å²) in [6.45, 7) is 3.89. The van der Waals surface area contributed by atoms with Gasteiger partial charge in [-0.1, -0.05) is 47.7 Å². The predicted octanol–water partition coefficient (Wildman–Crippen LogP) is 5.55. The lowest BCUT2D eigenvalue weighted by molar-refractivity contribution is -0.114. The van der Waals surface area contributed by atoms with Crippen LogP contribution in [0.5, 0.6) is 0 Å². The molecule has 4 rings (SSSR count). The summed E-state index contributed by atoms with van der Waals surface area (Å²) in [5, 5.41) is 6.59. The van der Waals surface area contributed by atoms with Crippen molar-refractivity contribution in [3.05, 3.63) is 83.6 Å². The number of amides is 1. The van der Waals surface area contributed by atoms with Gasteiger partial charge >= 0.3 is 0 Å². The first-order chi connectivity index (χ1) is 13.1. The number of hydrogen-bond acceptors (Lipinski definition) is 4. The van der Waals surface area contributed by atoms with Gasteiger partial charge in [-0.05, 0) is 56.3 Å². The number of aryl methyl sites for hydroxylation is 1. The lowest BCUT2D eigenvalue weighted by atomic mass is 10.1. The smallest absolute Gasteiger partial charge is 0.280 e. The zero-order valence-electron chi connectivity index (χ0n) is 15.0. The van der Waals surface area contributed by atoms with Crippen LogP contribution in [0.15, 0.2) is 91.8 Å². The zero-order chi connectivity index (χ0) is 18.8. The molecule has 0 aliphatic carbocycles. The number of furan rings is 1. The van der Waals surface area contributed by atoms with Crippen LogP contribution in [0.1, 0.15) is 18.2 Å². The van der Waals surface area contributed by atoms with Crippen molar-refractivity contribution >= 4 is 35.1 Å². The van der Waals surface area contributed by atoms with Gasteiger partial charge in [0.2, 0.25) is 0 Å². The number of carbonyl (C=O) groups is 1. The van der Waals surface area contributed by atoms with E-state index in [2.05, 4.69) is 36.3 Å². The molecule has 27 heavy (non-hydrogen) atoms. The summed E-state index contributed by atoms with van der Waals surface area (Å²) < 4.78 is 5.88. The van der Waals surface area contributed by atoms with E-state index in [1.54, 1.807) is 17.8 Å². The average Bonchev–Trinajstić information content (AvgIpc) is 3.24. The highest BCUT2D eigenvalue weighted by Gasteiger charge is 2.28. The third kappa shape index (κ3) is 3.73. The minimum Gasteiger partial charge on any atom is -0.450 e. The molecule has 4 nitrogen and oxygen atoms in total. The number of nitrogens with zero attached hydrogens (tertiary/aromatic N) is 2. The lowest BCUT2D eigenvalue weighted by Gasteiger charge is -2.10. The van der Waals surface area contributed by atoms with E-state index in [9.17, 15) is 4.79 Å². The molecule has 134 valence electrons. The van der Waals surface area contributed by atoms with Gasteiger partial charge in [-0.15, -0.1) is 0 Å². The van der Waals surface area contributed by atoms with Crippen molar-refractivity contribution < 1.29 is 9.21 Å². The summed E-state index contributed by atoms with van der Waals surface area (Å²) in [7, 11) is 0. The number of hydrogen-bond donors (Lipinski definition) is 0. The second-order valence-corrected chi connectivity index (χ2v) is 7.35. The van der Waals surface area contributed by atoms with E-state index < -0.39 is 0 Å². The number of para-hydroxylation sites is 1. The maximum absolute atomic E-state index is 12.7. The first-order valence-electron chi connectivity index (χ1n) is 8.61. The van der Waals surface area contributed by atoms with Crippen LogP contribution in [0, 0.1) is 6.92 Å². The van der Waals surface area contributed by atoms with Crippen molar-refractivity contribution in [2.24, 2.45) is 5.10 Å². The van der Waals surface area contributed by atoms with Gasteiger partial charge in [-0.25, -0.2) is 0 Å². The Morgan fingerprint density at radius 1 is 0.963 bits per heavy atom. The van der Waals surface area contributed by atoms with Crippen LogP contribution >= 0.6 is 11.8 Å². The van der Waals surface area contributed by atoms with Gasteiger partial charge in [0.25, 0.3) is 5.91 Å². The zero-order valence-corrected chi connectivity index (χ0v) is 15.9. The van der Waals surface area contributed by atoms with Gasteiger partial charge in [-0.2, -0.15) is 10.1 Å². The van der Waals surface area contributed by atoms with Gasteiger partial charge < -0.3 is 4.42 Å². The van der Waals surface area contributed by atoms with E-state index in [-0.39, 0.29) is 5.91 Å². The maximum Gasteiger partial charge on any atom is 0.280 e. The summed E-state index contributed by atoms with van der Waals surface area (Å²) in [5.41, 5.74) is 3.19. The Kier molecular flexibility index (Phi) is 4.69. The molecule has 1 amide bonds. The SMILES string of the molecule is CC1=NN(c2ccccc2)C(=O)/C1=C/c1ccc(Sc2ccc(C)cc2)o1. The standard InChI is InChI=1S/C22H18N2O2S/c1-15-8-11-19(12-9-15)27-21-13-10-18(26-21)14-20-16(2)23-24(22(20)25)17-6-4-3-5-7-17/h3-14H,1-2H3/b20-14+. The molecule has 0 saturated carbocycles. The van der Waals surface area contributed by atoms with E-state index in [0.29, 0.717) is 17.0 Å². The highest BCUT2D eigenvalue weighted by Crippen LogP contribution is 2.31. The molecular weight excluding hydrogens is 356 g/mol. The van der Waals surface area contributed by atoms with E-state index in [0.717, 1.165) is 15.7 Å². The molecule has 0 saturated heterocycles. The fraction of sp³-hybridized carbons (Fsp3) is 0.0909. The second kappa shape index (κ2) is 7.29. The predicted molar refractivity (Wildman–Crippen MR) is 109 cm³/mol. The molecular formula is C22H18N2O2S. The Bertz CT molecular complexity index is 1030. The molecule has 0 bridgehead atoms. The maximum atomic E-state index is 12.7. The van der Waals surface area contributed by atoms with Crippen LogP contribution in [0.4, 0.5) is 5.69 Å². The molecule has 1 aliphatic heterocycles. The fourth-order valence-electron chi connectivity index (χ4n) is 2.76. The van der Waals surface area contributed by atoms with Crippen LogP contribution in [0.25, 0.3) is 6.08 Å². The van der Waals surface area contributed by atoms with Crippen molar-refractivity contribution in [3.63, 3.8) is 0 Å². The fourth-order valence-corrected chi connectivity index (χ4v) is 3.54. The molecule has 3 aromatic rings. The Labute approximate surface area is 162 Å². The highest BCUT2D eigenvalue weighted by atomic mass is 32.2. The molecule has 2 heterocycles. The molecule has 1 aromatic heterocycles. The largest absolute Gasteiger partial charge is 0.450 e. The van der Waals surface area contributed by atoms with Gasteiger partial charge in [0.05, 0.1) is 17.0 Å². The monoisotopic (exact) mass is 374 g/mol. The average molecular weight is 374 g/mol. The van der Waals surface area contributed by atoms with Crippen LogP contribution in [0.3, 0.4) is 0 Å². The lowest BCUT2D eigenvalue weighted by Crippen LogP contribution is -2.21. The third-order valence-corrected chi connectivity index (χ3v) is 5.12.